The van der Waals surface area contributed by atoms with Crippen LogP contribution < -0.4 is 0 Å². The van der Waals surface area contributed by atoms with Crippen LogP contribution in [0, 0.1) is 0 Å². The molecule has 0 saturated carbocycles. The van der Waals surface area contributed by atoms with Gasteiger partial charge in [-0.2, -0.15) is 0 Å². The fraction of sp³-hybridized carbons (Fsp3) is 0.286. The Hall–Kier alpha value is -1.08. The summed E-state index contributed by atoms with van der Waals surface area (Å²) in [4.78, 5) is 0. The normalized spacial score (nSPS) is 15.4. The SMILES string of the molecule is C[Si](C)C1=C(Cc2ccccc2)C=CC1. The van der Waals surface area contributed by atoms with Crippen molar-refractivity contribution in [2.45, 2.75) is 25.9 Å². The van der Waals surface area contributed by atoms with Gasteiger partial charge in [0, 0.05) is 0 Å². The van der Waals surface area contributed by atoms with Crippen molar-refractivity contribution in [1.82, 2.24) is 0 Å². The van der Waals surface area contributed by atoms with E-state index < -0.39 is 0 Å². The summed E-state index contributed by atoms with van der Waals surface area (Å²) in [6.45, 7) is 4.77. The van der Waals surface area contributed by atoms with Gasteiger partial charge in [0.1, 0.15) is 0 Å². The van der Waals surface area contributed by atoms with E-state index in [9.17, 15) is 0 Å². The molecule has 0 aromatic heterocycles. The first-order valence-corrected chi connectivity index (χ1v) is 8.00. The molecule has 1 aliphatic rings. The van der Waals surface area contributed by atoms with Crippen molar-refractivity contribution in [1.29, 1.82) is 0 Å². The molecular weight excluding hydrogens is 196 g/mol. The van der Waals surface area contributed by atoms with E-state index in [-0.39, 0.29) is 8.80 Å². The minimum Gasteiger partial charge on any atom is -0.0806 e. The molecule has 1 heteroatoms. The summed E-state index contributed by atoms with van der Waals surface area (Å²) in [6.07, 6.45) is 6.94. The molecule has 0 bridgehead atoms. The average molecular weight is 213 g/mol. The van der Waals surface area contributed by atoms with E-state index in [1.54, 1.807) is 10.8 Å². The minimum absolute atomic E-state index is 0.262. The van der Waals surface area contributed by atoms with Gasteiger partial charge < -0.3 is 0 Å². The van der Waals surface area contributed by atoms with E-state index in [1.807, 2.05) is 0 Å². The molecule has 1 aromatic rings. The number of rotatable bonds is 3. The third-order valence-corrected chi connectivity index (χ3v) is 4.60. The monoisotopic (exact) mass is 213 g/mol. The van der Waals surface area contributed by atoms with E-state index in [0.717, 1.165) is 6.42 Å². The highest BCUT2D eigenvalue weighted by molar-refractivity contribution is 6.64. The lowest BCUT2D eigenvalue weighted by Crippen LogP contribution is -2.06. The summed E-state index contributed by atoms with van der Waals surface area (Å²) in [7, 11) is -0.262. The fourth-order valence-corrected chi connectivity index (χ4v) is 3.40. The van der Waals surface area contributed by atoms with Crippen LogP contribution in [0.15, 0.2) is 53.3 Å². The van der Waals surface area contributed by atoms with Crippen molar-refractivity contribution in [3.05, 3.63) is 58.8 Å². The molecule has 2 rings (SSSR count). The Labute approximate surface area is 93.9 Å². The zero-order valence-electron chi connectivity index (χ0n) is 9.46. The first kappa shape index (κ1) is 10.4. The summed E-state index contributed by atoms with van der Waals surface area (Å²) in [6, 6.07) is 10.8. The smallest absolute Gasteiger partial charge is 0.0745 e. The second-order valence-electron chi connectivity index (χ2n) is 4.27. The molecule has 15 heavy (non-hydrogen) atoms. The van der Waals surface area contributed by atoms with Gasteiger partial charge in [0.15, 0.2) is 0 Å². The van der Waals surface area contributed by atoms with Crippen molar-refractivity contribution in [2.24, 2.45) is 0 Å². The molecule has 0 unspecified atom stereocenters. The average Bonchev–Trinajstić information content (AvgIpc) is 2.67. The van der Waals surface area contributed by atoms with Crippen molar-refractivity contribution >= 4 is 8.80 Å². The molecule has 0 nitrogen and oxygen atoms in total. The molecular formula is C14H17Si. The molecule has 1 radical (unpaired) electrons. The largest absolute Gasteiger partial charge is 0.0806 e. The lowest BCUT2D eigenvalue weighted by Gasteiger charge is -2.09. The molecule has 0 fully saturated rings. The standard InChI is InChI=1S/C14H17Si/c1-15(2)14-10-6-9-13(14)11-12-7-4-3-5-8-12/h3-9H,10-11H2,1-2H3. The van der Waals surface area contributed by atoms with Gasteiger partial charge in [0.25, 0.3) is 0 Å². The van der Waals surface area contributed by atoms with Crippen LogP contribution in [0.5, 0.6) is 0 Å². The molecule has 1 aliphatic carbocycles. The minimum atomic E-state index is -0.262. The maximum absolute atomic E-state index is 2.39. The maximum atomic E-state index is 2.39. The summed E-state index contributed by atoms with van der Waals surface area (Å²) >= 11 is 0. The summed E-state index contributed by atoms with van der Waals surface area (Å²) in [5.74, 6) is 0. The highest BCUT2D eigenvalue weighted by atomic mass is 28.3. The van der Waals surface area contributed by atoms with Crippen molar-refractivity contribution in [3.8, 4) is 0 Å². The van der Waals surface area contributed by atoms with Gasteiger partial charge in [-0.1, -0.05) is 60.8 Å². The van der Waals surface area contributed by atoms with Crippen LogP contribution in [0.1, 0.15) is 12.0 Å². The van der Waals surface area contributed by atoms with Gasteiger partial charge in [-0.25, -0.2) is 0 Å². The van der Waals surface area contributed by atoms with Crippen LogP contribution in [0.4, 0.5) is 0 Å². The summed E-state index contributed by atoms with van der Waals surface area (Å²) in [5, 5.41) is 1.71. The molecule has 0 N–H and O–H groups in total. The molecule has 77 valence electrons. The van der Waals surface area contributed by atoms with E-state index >= 15 is 0 Å². The van der Waals surface area contributed by atoms with E-state index in [1.165, 1.54) is 12.0 Å². The third kappa shape index (κ3) is 2.48. The van der Waals surface area contributed by atoms with Gasteiger partial charge in [-0.05, 0) is 24.0 Å². The Kier molecular flexibility index (Phi) is 3.22. The van der Waals surface area contributed by atoms with Crippen molar-refractivity contribution in [2.75, 3.05) is 0 Å². The summed E-state index contributed by atoms with van der Waals surface area (Å²) < 4.78 is 0. The number of hydrogen-bond acceptors (Lipinski definition) is 0. The first-order valence-electron chi connectivity index (χ1n) is 5.50. The lowest BCUT2D eigenvalue weighted by atomic mass is 10.1. The van der Waals surface area contributed by atoms with Gasteiger partial charge in [-0.3, -0.25) is 0 Å². The lowest BCUT2D eigenvalue weighted by molar-refractivity contribution is 1.18. The number of allylic oxidation sites excluding steroid dienone is 4. The quantitative estimate of drug-likeness (QED) is 0.670. The topological polar surface area (TPSA) is 0 Å². The van der Waals surface area contributed by atoms with Crippen LogP contribution >= 0.6 is 0 Å². The molecule has 1 aromatic carbocycles. The van der Waals surface area contributed by atoms with Gasteiger partial charge in [0.05, 0.1) is 8.80 Å². The Morgan fingerprint density at radius 3 is 2.53 bits per heavy atom. The van der Waals surface area contributed by atoms with Crippen LogP contribution in [0.2, 0.25) is 13.1 Å². The van der Waals surface area contributed by atoms with Crippen LogP contribution in [-0.4, -0.2) is 8.80 Å². The Morgan fingerprint density at radius 1 is 1.13 bits per heavy atom. The molecule has 0 heterocycles. The third-order valence-electron chi connectivity index (χ3n) is 2.87. The van der Waals surface area contributed by atoms with Gasteiger partial charge in [-0.15, -0.1) is 0 Å². The van der Waals surface area contributed by atoms with Gasteiger partial charge >= 0.3 is 0 Å². The number of benzene rings is 1. The second-order valence-corrected chi connectivity index (χ2v) is 6.88. The molecule has 0 spiro atoms. The zero-order chi connectivity index (χ0) is 10.7. The molecule has 0 saturated heterocycles. The van der Waals surface area contributed by atoms with E-state index in [2.05, 4.69) is 55.6 Å². The Morgan fingerprint density at radius 2 is 1.87 bits per heavy atom. The Balaban J connectivity index is 2.18. The molecule has 0 aliphatic heterocycles. The van der Waals surface area contributed by atoms with Crippen LogP contribution in [0.25, 0.3) is 0 Å². The zero-order valence-corrected chi connectivity index (χ0v) is 10.5. The Bertz CT molecular complexity index is 385. The second kappa shape index (κ2) is 4.62. The maximum Gasteiger partial charge on any atom is 0.0745 e. The molecule has 0 amide bonds. The van der Waals surface area contributed by atoms with Gasteiger partial charge in [0.2, 0.25) is 0 Å². The predicted molar refractivity (Wildman–Crippen MR) is 68.4 cm³/mol. The van der Waals surface area contributed by atoms with Crippen molar-refractivity contribution in [3.63, 3.8) is 0 Å². The highest BCUT2D eigenvalue weighted by Crippen LogP contribution is 2.24. The summed E-state index contributed by atoms with van der Waals surface area (Å²) in [5.41, 5.74) is 3.00. The van der Waals surface area contributed by atoms with E-state index in [0.29, 0.717) is 0 Å². The van der Waals surface area contributed by atoms with Crippen LogP contribution in [-0.2, 0) is 6.42 Å². The van der Waals surface area contributed by atoms with E-state index in [4.69, 9.17) is 0 Å². The highest BCUT2D eigenvalue weighted by Gasteiger charge is 2.13. The van der Waals surface area contributed by atoms with Crippen LogP contribution in [0.3, 0.4) is 0 Å². The predicted octanol–water partition coefficient (Wildman–Crippen LogP) is 3.78. The molecule has 0 atom stereocenters. The van der Waals surface area contributed by atoms with Crippen molar-refractivity contribution < 1.29 is 0 Å². The first-order chi connectivity index (χ1) is 7.27. The number of hydrogen-bond donors (Lipinski definition) is 0. The fourth-order valence-electron chi connectivity index (χ4n) is 2.06.